The fraction of sp³-hybridized carbons (Fsp3) is 0.208. The number of rotatable bonds is 7. The molecule has 0 aliphatic carbocycles. The van der Waals surface area contributed by atoms with E-state index in [-0.39, 0.29) is 17.5 Å². The molecule has 0 saturated heterocycles. The van der Waals surface area contributed by atoms with Gasteiger partial charge in [-0.3, -0.25) is 14.6 Å². The van der Waals surface area contributed by atoms with Gasteiger partial charge in [-0.25, -0.2) is 0 Å². The van der Waals surface area contributed by atoms with Gasteiger partial charge in [0.2, 0.25) is 0 Å². The number of nitrogens with one attached hydrogen (secondary N) is 2. The van der Waals surface area contributed by atoms with Crippen molar-refractivity contribution in [2.45, 2.75) is 26.7 Å². The molecule has 2 aromatic carbocycles. The van der Waals surface area contributed by atoms with Crippen LogP contribution in [-0.2, 0) is 6.42 Å². The van der Waals surface area contributed by atoms with Gasteiger partial charge < -0.3 is 10.6 Å². The number of aryl methyl sites for hydroxylation is 3. The Kier molecular flexibility index (Phi) is 6.74. The van der Waals surface area contributed by atoms with Gasteiger partial charge in [-0.2, -0.15) is 0 Å². The molecule has 2 N–H and O–H groups in total. The van der Waals surface area contributed by atoms with Crippen LogP contribution in [0.15, 0.2) is 66.9 Å². The monoisotopic (exact) mass is 387 g/mol. The maximum absolute atomic E-state index is 12.6. The van der Waals surface area contributed by atoms with E-state index in [1.54, 1.807) is 6.07 Å². The van der Waals surface area contributed by atoms with Crippen LogP contribution in [0.2, 0.25) is 0 Å². The van der Waals surface area contributed by atoms with Gasteiger partial charge in [0.25, 0.3) is 11.8 Å². The maximum atomic E-state index is 12.6. The zero-order valence-electron chi connectivity index (χ0n) is 16.7. The number of hydrogen-bond acceptors (Lipinski definition) is 3. The summed E-state index contributed by atoms with van der Waals surface area (Å²) in [7, 11) is 0. The molecule has 5 heteroatoms. The van der Waals surface area contributed by atoms with Crippen molar-refractivity contribution in [3.8, 4) is 0 Å². The number of nitrogens with zero attached hydrogens (tertiary/aromatic N) is 1. The van der Waals surface area contributed by atoms with Crippen LogP contribution in [0.3, 0.4) is 0 Å². The lowest BCUT2D eigenvalue weighted by Gasteiger charge is -2.09. The fourth-order valence-electron chi connectivity index (χ4n) is 3.18. The molecule has 0 radical (unpaired) electrons. The largest absolute Gasteiger partial charge is 0.351 e. The van der Waals surface area contributed by atoms with Crippen LogP contribution in [-0.4, -0.2) is 23.3 Å². The molecule has 0 unspecified atom stereocenters. The molecule has 0 saturated carbocycles. The van der Waals surface area contributed by atoms with E-state index in [1.807, 2.05) is 50.2 Å². The predicted molar refractivity (Wildman–Crippen MR) is 115 cm³/mol. The highest BCUT2D eigenvalue weighted by atomic mass is 16.2. The summed E-state index contributed by atoms with van der Waals surface area (Å²) in [6.07, 6.45) is 3.21. The first kappa shape index (κ1) is 20.3. The molecule has 3 rings (SSSR count). The van der Waals surface area contributed by atoms with Crippen molar-refractivity contribution in [3.63, 3.8) is 0 Å². The molecule has 0 atom stereocenters. The van der Waals surface area contributed by atoms with E-state index in [9.17, 15) is 9.59 Å². The molecule has 0 bridgehead atoms. The molecule has 5 nitrogen and oxygen atoms in total. The van der Waals surface area contributed by atoms with Gasteiger partial charge in [0.15, 0.2) is 0 Å². The van der Waals surface area contributed by atoms with Crippen LogP contribution in [0.1, 0.15) is 44.0 Å². The van der Waals surface area contributed by atoms with Crippen LogP contribution < -0.4 is 10.6 Å². The summed E-state index contributed by atoms with van der Waals surface area (Å²) in [4.78, 5) is 29.0. The molecule has 0 spiro atoms. The van der Waals surface area contributed by atoms with Gasteiger partial charge in [-0.15, -0.1) is 0 Å². The van der Waals surface area contributed by atoms with Crippen molar-refractivity contribution in [1.82, 2.24) is 10.3 Å². The van der Waals surface area contributed by atoms with Gasteiger partial charge in [-0.1, -0.05) is 36.4 Å². The molecule has 0 fully saturated rings. The molecular formula is C24H25N3O2. The molecule has 29 heavy (non-hydrogen) atoms. The number of carbonyl (C=O) groups is 2. The Balaban J connectivity index is 1.56. The first-order chi connectivity index (χ1) is 14.0. The molecule has 3 aromatic rings. The third-order valence-corrected chi connectivity index (χ3v) is 4.50. The van der Waals surface area contributed by atoms with Crippen LogP contribution in [0.4, 0.5) is 5.69 Å². The van der Waals surface area contributed by atoms with Gasteiger partial charge in [0, 0.05) is 24.0 Å². The van der Waals surface area contributed by atoms with E-state index < -0.39 is 0 Å². The number of benzene rings is 2. The summed E-state index contributed by atoms with van der Waals surface area (Å²) in [5.41, 5.74) is 4.75. The van der Waals surface area contributed by atoms with E-state index in [0.717, 1.165) is 29.7 Å². The summed E-state index contributed by atoms with van der Waals surface area (Å²) in [5.74, 6) is -0.547. The average molecular weight is 387 g/mol. The van der Waals surface area contributed by atoms with Gasteiger partial charge >= 0.3 is 0 Å². The van der Waals surface area contributed by atoms with Crippen molar-refractivity contribution in [3.05, 3.63) is 94.8 Å². The molecule has 0 aliphatic heterocycles. The Labute approximate surface area is 171 Å². The van der Waals surface area contributed by atoms with Gasteiger partial charge in [-0.05, 0) is 67.6 Å². The highest BCUT2D eigenvalue weighted by molar-refractivity contribution is 6.05. The summed E-state index contributed by atoms with van der Waals surface area (Å²) in [5, 5.41) is 5.74. The Morgan fingerprint density at radius 2 is 1.62 bits per heavy atom. The third-order valence-electron chi connectivity index (χ3n) is 4.50. The fourth-order valence-corrected chi connectivity index (χ4v) is 3.18. The minimum atomic E-state index is -0.279. The summed E-state index contributed by atoms with van der Waals surface area (Å²) >= 11 is 0. The minimum absolute atomic E-state index is 0.234. The lowest BCUT2D eigenvalue weighted by Crippen LogP contribution is -2.26. The van der Waals surface area contributed by atoms with E-state index >= 15 is 0 Å². The molecule has 2 amide bonds. The van der Waals surface area contributed by atoms with Crippen molar-refractivity contribution >= 4 is 17.5 Å². The number of amides is 2. The second-order valence-electron chi connectivity index (χ2n) is 7.11. The van der Waals surface area contributed by atoms with Gasteiger partial charge in [0.05, 0.1) is 0 Å². The van der Waals surface area contributed by atoms with Crippen molar-refractivity contribution in [1.29, 1.82) is 0 Å². The van der Waals surface area contributed by atoms with Crippen molar-refractivity contribution < 1.29 is 9.59 Å². The predicted octanol–water partition coefficient (Wildman–Crippen LogP) is 4.31. The Morgan fingerprint density at radius 3 is 2.34 bits per heavy atom. The lowest BCUT2D eigenvalue weighted by molar-refractivity contribution is 0.0948. The van der Waals surface area contributed by atoms with E-state index in [4.69, 9.17) is 0 Å². The molecule has 1 aromatic heterocycles. The first-order valence-electron chi connectivity index (χ1n) is 9.69. The second-order valence-corrected chi connectivity index (χ2v) is 7.11. The first-order valence-corrected chi connectivity index (χ1v) is 9.69. The molecular weight excluding hydrogens is 362 g/mol. The summed E-state index contributed by atoms with van der Waals surface area (Å²) in [6, 6.07) is 19.1. The standard InChI is InChI=1S/C24H25N3O2/c1-17-13-18(2)15-21(14-17)27-23(28)20-10-12-25-22(16-20)24(29)26-11-6-9-19-7-4-3-5-8-19/h3-5,7-8,10,12-16H,6,9,11H2,1-2H3,(H,26,29)(H,27,28). The normalized spacial score (nSPS) is 10.4. The summed E-state index contributed by atoms with van der Waals surface area (Å²) in [6.45, 7) is 4.51. The molecule has 0 aliphatic rings. The number of pyridine rings is 1. The van der Waals surface area contributed by atoms with E-state index in [1.165, 1.54) is 17.8 Å². The van der Waals surface area contributed by atoms with Crippen LogP contribution in [0.25, 0.3) is 0 Å². The lowest BCUT2D eigenvalue weighted by atomic mass is 10.1. The van der Waals surface area contributed by atoms with Crippen LogP contribution in [0, 0.1) is 13.8 Å². The Bertz CT molecular complexity index is 980. The van der Waals surface area contributed by atoms with E-state index in [2.05, 4.69) is 27.8 Å². The number of carbonyl (C=O) groups excluding carboxylic acids is 2. The zero-order chi connectivity index (χ0) is 20.6. The minimum Gasteiger partial charge on any atom is -0.351 e. The van der Waals surface area contributed by atoms with Crippen LogP contribution >= 0.6 is 0 Å². The Hall–Kier alpha value is -3.47. The number of anilines is 1. The number of hydrogen-bond donors (Lipinski definition) is 2. The second kappa shape index (κ2) is 9.64. The topological polar surface area (TPSA) is 71.1 Å². The Morgan fingerprint density at radius 1 is 0.897 bits per heavy atom. The summed E-state index contributed by atoms with van der Waals surface area (Å²) < 4.78 is 0. The van der Waals surface area contributed by atoms with Crippen LogP contribution in [0.5, 0.6) is 0 Å². The van der Waals surface area contributed by atoms with Gasteiger partial charge in [0.1, 0.15) is 5.69 Å². The average Bonchev–Trinajstić information content (AvgIpc) is 2.71. The number of aromatic nitrogens is 1. The maximum Gasteiger partial charge on any atom is 0.269 e. The smallest absolute Gasteiger partial charge is 0.269 e. The van der Waals surface area contributed by atoms with Crippen molar-refractivity contribution in [2.24, 2.45) is 0 Å². The molecule has 148 valence electrons. The quantitative estimate of drug-likeness (QED) is 0.593. The van der Waals surface area contributed by atoms with E-state index in [0.29, 0.717) is 12.1 Å². The highest BCUT2D eigenvalue weighted by Gasteiger charge is 2.12. The molecule has 1 heterocycles. The van der Waals surface area contributed by atoms with Crippen molar-refractivity contribution in [2.75, 3.05) is 11.9 Å². The third kappa shape index (κ3) is 6.01. The zero-order valence-corrected chi connectivity index (χ0v) is 16.7. The highest BCUT2D eigenvalue weighted by Crippen LogP contribution is 2.15. The SMILES string of the molecule is Cc1cc(C)cc(NC(=O)c2ccnc(C(=O)NCCCc3ccccc3)c2)c1.